The Labute approximate surface area is 101 Å². The molecule has 0 unspecified atom stereocenters. The first-order valence-corrected chi connectivity index (χ1v) is 6.29. The van der Waals surface area contributed by atoms with Crippen molar-refractivity contribution in [2.75, 3.05) is 36.9 Å². The molecule has 2 N–H and O–H groups in total. The quantitative estimate of drug-likeness (QED) is 0.755. The van der Waals surface area contributed by atoms with Gasteiger partial charge in [0.25, 0.3) is 0 Å². The van der Waals surface area contributed by atoms with Crippen LogP contribution >= 0.6 is 0 Å². The third-order valence-electron chi connectivity index (χ3n) is 3.39. The van der Waals surface area contributed by atoms with Crippen molar-refractivity contribution in [3.63, 3.8) is 0 Å². The molecule has 1 saturated heterocycles. The lowest BCUT2D eigenvalue weighted by atomic mass is 10.1. The van der Waals surface area contributed by atoms with Gasteiger partial charge in [-0.05, 0) is 19.3 Å². The molecule has 0 amide bonds. The first-order chi connectivity index (χ1) is 8.34. The molecular formula is C13H18N2O2. The summed E-state index contributed by atoms with van der Waals surface area (Å²) >= 11 is 0. The third kappa shape index (κ3) is 1.99. The number of ether oxygens (including phenoxy) is 2. The van der Waals surface area contributed by atoms with E-state index in [1.165, 1.54) is 19.3 Å². The molecule has 0 spiro atoms. The molecule has 1 aromatic rings. The summed E-state index contributed by atoms with van der Waals surface area (Å²) in [6.45, 7) is 3.40. The highest BCUT2D eigenvalue weighted by Crippen LogP contribution is 2.39. The average Bonchev–Trinajstić information content (AvgIpc) is 2.39. The summed E-state index contributed by atoms with van der Waals surface area (Å²) in [4.78, 5) is 2.34. The van der Waals surface area contributed by atoms with Crippen LogP contribution in [0.25, 0.3) is 0 Å². The summed E-state index contributed by atoms with van der Waals surface area (Å²) in [6, 6.07) is 3.91. The number of rotatable bonds is 1. The molecule has 3 rings (SSSR count). The number of hydrogen-bond acceptors (Lipinski definition) is 4. The number of nitrogens with two attached hydrogens (primary N) is 1. The van der Waals surface area contributed by atoms with Crippen LogP contribution in [0.15, 0.2) is 12.1 Å². The van der Waals surface area contributed by atoms with Gasteiger partial charge in [-0.1, -0.05) is 0 Å². The Morgan fingerprint density at radius 2 is 1.59 bits per heavy atom. The topological polar surface area (TPSA) is 47.7 Å². The fourth-order valence-corrected chi connectivity index (χ4v) is 2.50. The van der Waals surface area contributed by atoms with Crippen LogP contribution in [0, 0.1) is 0 Å². The number of hydrogen-bond donors (Lipinski definition) is 1. The van der Waals surface area contributed by atoms with Crippen molar-refractivity contribution < 1.29 is 9.47 Å². The normalized spacial score (nSPS) is 19.2. The van der Waals surface area contributed by atoms with Gasteiger partial charge in [0.05, 0.1) is 11.4 Å². The van der Waals surface area contributed by atoms with Crippen molar-refractivity contribution in [2.24, 2.45) is 0 Å². The van der Waals surface area contributed by atoms with Gasteiger partial charge >= 0.3 is 0 Å². The second-order valence-corrected chi connectivity index (χ2v) is 4.60. The molecule has 2 heterocycles. The zero-order chi connectivity index (χ0) is 11.7. The van der Waals surface area contributed by atoms with E-state index in [4.69, 9.17) is 15.2 Å². The third-order valence-corrected chi connectivity index (χ3v) is 3.39. The fraction of sp³-hybridized carbons (Fsp3) is 0.538. The Morgan fingerprint density at radius 3 is 2.29 bits per heavy atom. The van der Waals surface area contributed by atoms with Crippen LogP contribution < -0.4 is 20.1 Å². The molecule has 0 aliphatic carbocycles. The lowest BCUT2D eigenvalue weighted by Gasteiger charge is -2.31. The number of anilines is 2. The standard InChI is InChI=1S/C13H18N2O2/c14-10-8-12-13(17-7-6-16-12)9-11(10)15-4-2-1-3-5-15/h8-9H,1-7,14H2. The molecule has 1 aromatic carbocycles. The maximum Gasteiger partial charge on any atom is 0.163 e. The van der Waals surface area contributed by atoms with Gasteiger partial charge in [-0.3, -0.25) is 0 Å². The zero-order valence-corrected chi connectivity index (χ0v) is 9.95. The maximum atomic E-state index is 6.10. The van der Waals surface area contributed by atoms with Gasteiger partial charge in [-0.2, -0.15) is 0 Å². The van der Waals surface area contributed by atoms with Crippen molar-refractivity contribution in [2.45, 2.75) is 19.3 Å². The van der Waals surface area contributed by atoms with Crippen LogP contribution in [0.3, 0.4) is 0 Å². The minimum Gasteiger partial charge on any atom is -0.486 e. The van der Waals surface area contributed by atoms with Crippen molar-refractivity contribution >= 4 is 11.4 Å². The van der Waals surface area contributed by atoms with Gasteiger partial charge in [0.2, 0.25) is 0 Å². The monoisotopic (exact) mass is 234 g/mol. The number of nitrogens with zero attached hydrogens (tertiary/aromatic N) is 1. The molecule has 0 bridgehead atoms. The Kier molecular flexibility index (Phi) is 2.71. The largest absolute Gasteiger partial charge is 0.486 e. The minimum absolute atomic E-state index is 0.607. The van der Waals surface area contributed by atoms with E-state index in [9.17, 15) is 0 Å². The van der Waals surface area contributed by atoms with Gasteiger partial charge in [-0.15, -0.1) is 0 Å². The van der Waals surface area contributed by atoms with Gasteiger partial charge in [0, 0.05) is 25.2 Å². The van der Waals surface area contributed by atoms with Gasteiger partial charge < -0.3 is 20.1 Å². The zero-order valence-electron chi connectivity index (χ0n) is 9.95. The highest BCUT2D eigenvalue weighted by Gasteiger charge is 2.19. The molecule has 2 aliphatic heterocycles. The van der Waals surface area contributed by atoms with E-state index in [1.807, 2.05) is 12.1 Å². The number of piperidine rings is 1. The van der Waals surface area contributed by atoms with Gasteiger partial charge in [0.15, 0.2) is 11.5 Å². The smallest absolute Gasteiger partial charge is 0.163 e. The predicted octanol–water partition coefficient (Wildman–Crippen LogP) is 2.03. The molecule has 0 radical (unpaired) electrons. The van der Waals surface area contributed by atoms with E-state index in [-0.39, 0.29) is 0 Å². The Balaban J connectivity index is 1.93. The van der Waals surface area contributed by atoms with Crippen LogP contribution in [0.2, 0.25) is 0 Å². The van der Waals surface area contributed by atoms with Crippen LogP contribution in [-0.2, 0) is 0 Å². The van der Waals surface area contributed by atoms with Crippen molar-refractivity contribution in [3.05, 3.63) is 12.1 Å². The summed E-state index contributed by atoms with van der Waals surface area (Å²) in [5, 5.41) is 0. The SMILES string of the molecule is Nc1cc2c(cc1N1CCCCC1)OCCO2. The van der Waals surface area contributed by atoms with Gasteiger partial charge in [-0.25, -0.2) is 0 Å². The molecule has 1 fully saturated rings. The van der Waals surface area contributed by atoms with Crippen LogP contribution in [0.5, 0.6) is 11.5 Å². The number of benzene rings is 1. The fourth-order valence-electron chi connectivity index (χ4n) is 2.50. The Morgan fingerprint density at radius 1 is 0.941 bits per heavy atom. The highest BCUT2D eigenvalue weighted by molar-refractivity contribution is 5.73. The maximum absolute atomic E-state index is 6.10. The van der Waals surface area contributed by atoms with E-state index < -0.39 is 0 Å². The predicted molar refractivity (Wildman–Crippen MR) is 67.9 cm³/mol. The summed E-state index contributed by atoms with van der Waals surface area (Å²) in [5.74, 6) is 1.60. The molecule has 2 aliphatic rings. The Hall–Kier alpha value is -1.58. The lowest BCUT2D eigenvalue weighted by molar-refractivity contribution is 0.172. The molecule has 4 heteroatoms. The summed E-state index contributed by atoms with van der Waals surface area (Å²) in [5.41, 5.74) is 7.98. The summed E-state index contributed by atoms with van der Waals surface area (Å²) in [7, 11) is 0. The second kappa shape index (κ2) is 4.35. The molecule has 0 aromatic heterocycles. The molecule has 92 valence electrons. The second-order valence-electron chi connectivity index (χ2n) is 4.60. The molecular weight excluding hydrogens is 216 g/mol. The molecule has 4 nitrogen and oxygen atoms in total. The van der Waals surface area contributed by atoms with E-state index in [2.05, 4.69) is 4.90 Å². The molecule has 0 atom stereocenters. The van der Waals surface area contributed by atoms with E-state index in [0.29, 0.717) is 13.2 Å². The number of fused-ring (bicyclic) bond motifs is 1. The van der Waals surface area contributed by atoms with Crippen molar-refractivity contribution in [1.29, 1.82) is 0 Å². The highest BCUT2D eigenvalue weighted by atomic mass is 16.6. The molecule has 0 saturated carbocycles. The van der Waals surface area contributed by atoms with E-state index >= 15 is 0 Å². The first kappa shape index (κ1) is 10.6. The van der Waals surface area contributed by atoms with Crippen LogP contribution in [-0.4, -0.2) is 26.3 Å². The molecule has 17 heavy (non-hydrogen) atoms. The summed E-state index contributed by atoms with van der Waals surface area (Å²) in [6.07, 6.45) is 3.81. The number of nitrogen functional groups attached to an aromatic ring is 1. The van der Waals surface area contributed by atoms with Crippen LogP contribution in [0.1, 0.15) is 19.3 Å². The Bertz CT molecular complexity index is 414. The summed E-state index contributed by atoms with van der Waals surface area (Å²) < 4.78 is 11.1. The van der Waals surface area contributed by atoms with Gasteiger partial charge in [0.1, 0.15) is 13.2 Å². The van der Waals surface area contributed by atoms with Crippen LogP contribution in [0.4, 0.5) is 11.4 Å². The van der Waals surface area contributed by atoms with E-state index in [1.54, 1.807) is 0 Å². The van der Waals surface area contributed by atoms with Crippen molar-refractivity contribution in [3.8, 4) is 11.5 Å². The van der Waals surface area contributed by atoms with E-state index in [0.717, 1.165) is 36.0 Å². The lowest BCUT2D eigenvalue weighted by Crippen LogP contribution is -2.30. The van der Waals surface area contributed by atoms with Crippen molar-refractivity contribution in [1.82, 2.24) is 0 Å². The minimum atomic E-state index is 0.607. The first-order valence-electron chi connectivity index (χ1n) is 6.29. The average molecular weight is 234 g/mol.